The lowest BCUT2D eigenvalue weighted by Gasteiger charge is -2.45. The molecule has 7 N–H and O–H groups in total. The Morgan fingerprint density at radius 3 is 1.88 bits per heavy atom. The van der Waals surface area contributed by atoms with E-state index in [9.17, 15) is 40.5 Å². The van der Waals surface area contributed by atoms with E-state index in [2.05, 4.69) is 31.2 Å². The van der Waals surface area contributed by atoms with E-state index in [0.29, 0.717) is 6.42 Å². The molecule has 0 aliphatic carbocycles. The number of esters is 1. The minimum atomic E-state index is -1.76. The van der Waals surface area contributed by atoms with Crippen LogP contribution in [0.1, 0.15) is 84.0 Å². The Balaban J connectivity index is 1.66. The number of aliphatic hydroxyl groups is 7. The van der Waals surface area contributed by atoms with Gasteiger partial charge in [-0.25, -0.2) is 0 Å². The van der Waals surface area contributed by atoms with Gasteiger partial charge in [-0.2, -0.15) is 0 Å². The van der Waals surface area contributed by atoms with Crippen LogP contribution in [0.5, 0.6) is 0 Å². The van der Waals surface area contributed by atoms with Gasteiger partial charge in [-0.05, 0) is 38.5 Å². The summed E-state index contributed by atoms with van der Waals surface area (Å²) in [7, 11) is 0. The first-order chi connectivity index (χ1) is 20.2. The Morgan fingerprint density at radius 1 is 0.667 bits per heavy atom. The maximum atomic E-state index is 12.3. The van der Waals surface area contributed by atoms with Gasteiger partial charge in [0.1, 0.15) is 48.8 Å². The van der Waals surface area contributed by atoms with Crippen LogP contribution in [0.15, 0.2) is 24.3 Å². The second-order valence-electron chi connectivity index (χ2n) is 11.0. The first kappa shape index (κ1) is 36.7. The third kappa shape index (κ3) is 11.9. The van der Waals surface area contributed by atoms with E-state index >= 15 is 0 Å². The molecule has 0 aromatic heterocycles. The highest BCUT2D eigenvalue weighted by Gasteiger charge is 2.51. The predicted octanol–water partition coefficient (Wildman–Crippen LogP) is 0.967. The quantitative estimate of drug-likeness (QED) is 0.0628. The van der Waals surface area contributed by atoms with Gasteiger partial charge in [-0.3, -0.25) is 4.79 Å². The van der Waals surface area contributed by atoms with Crippen molar-refractivity contribution in [3.63, 3.8) is 0 Å². The fraction of sp³-hybridized carbons (Fsp3) is 0.833. The predicted molar refractivity (Wildman–Crippen MR) is 152 cm³/mol. The van der Waals surface area contributed by atoms with Gasteiger partial charge in [0.25, 0.3) is 0 Å². The molecule has 2 heterocycles. The summed E-state index contributed by atoms with van der Waals surface area (Å²) < 4.78 is 21.4. The molecule has 2 aliphatic rings. The maximum absolute atomic E-state index is 12.3. The van der Waals surface area contributed by atoms with Crippen molar-refractivity contribution in [2.75, 3.05) is 13.2 Å². The van der Waals surface area contributed by atoms with Crippen molar-refractivity contribution < 1.29 is 59.5 Å². The van der Waals surface area contributed by atoms with Gasteiger partial charge in [-0.1, -0.05) is 63.3 Å². The summed E-state index contributed by atoms with van der Waals surface area (Å²) in [6.07, 6.45) is 4.69. The van der Waals surface area contributed by atoms with Crippen LogP contribution < -0.4 is 0 Å². The van der Waals surface area contributed by atoms with E-state index in [0.717, 1.165) is 44.9 Å². The van der Waals surface area contributed by atoms with Crippen LogP contribution in [-0.4, -0.2) is 116 Å². The Hall–Kier alpha value is -1.45. The number of hydrogen-bond donors (Lipinski definition) is 7. The first-order valence-electron chi connectivity index (χ1n) is 15.3. The second-order valence-corrected chi connectivity index (χ2v) is 11.0. The zero-order chi connectivity index (χ0) is 30.9. The lowest BCUT2D eigenvalue weighted by atomic mass is 9.97. The van der Waals surface area contributed by atoms with Crippen molar-refractivity contribution in [1.82, 2.24) is 0 Å². The molecule has 10 atom stereocenters. The minimum Gasteiger partial charge on any atom is -0.433 e. The van der Waals surface area contributed by atoms with Gasteiger partial charge in [0.05, 0.1) is 13.2 Å². The van der Waals surface area contributed by atoms with Crippen molar-refractivity contribution in [2.45, 2.75) is 145 Å². The minimum absolute atomic E-state index is 0.0990. The molecule has 2 fully saturated rings. The molecule has 0 radical (unpaired) electrons. The standard InChI is InChI=1S/C30H52O12/c1-2-3-4-5-6-7-8-9-10-11-12-13-14-15-16-17-22(33)41-29-27(38)25(36)28(21(19-32)40-29)42-30-26(37)24(35)23(34)20(18-31)39-30/h6-7,9-10,20-21,23-32,34-38H,2-5,8,11-19H2,1H3/b7-6-,10-9-/t20-,21-,23-,24+,25-,26-,27-,28-,29+,30-/m1/s1. The largest absolute Gasteiger partial charge is 0.433 e. The van der Waals surface area contributed by atoms with Crippen LogP contribution in [0.2, 0.25) is 0 Å². The topological polar surface area (TPSA) is 196 Å². The molecule has 0 bridgehead atoms. The summed E-state index contributed by atoms with van der Waals surface area (Å²) in [6.45, 7) is 0.813. The average Bonchev–Trinajstić information content (AvgIpc) is 2.98. The van der Waals surface area contributed by atoms with Gasteiger partial charge >= 0.3 is 5.97 Å². The normalized spacial score (nSPS) is 33.9. The van der Waals surface area contributed by atoms with E-state index < -0.39 is 80.6 Å². The van der Waals surface area contributed by atoms with Gasteiger partial charge in [-0.15, -0.1) is 0 Å². The Bertz CT molecular complexity index is 788. The fourth-order valence-electron chi connectivity index (χ4n) is 4.92. The van der Waals surface area contributed by atoms with Crippen LogP contribution in [0.25, 0.3) is 0 Å². The fourth-order valence-corrected chi connectivity index (χ4v) is 4.92. The van der Waals surface area contributed by atoms with Crippen molar-refractivity contribution in [3.05, 3.63) is 24.3 Å². The van der Waals surface area contributed by atoms with Crippen molar-refractivity contribution in [2.24, 2.45) is 0 Å². The molecule has 0 saturated carbocycles. The van der Waals surface area contributed by atoms with Crippen LogP contribution in [0.3, 0.4) is 0 Å². The van der Waals surface area contributed by atoms with Crippen LogP contribution in [-0.2, 0) is 23.7 Å². The number of allylic oxidation sites excluding steroid dienone is 4. The molecule has 0 aromatic carbocycles. The summed E-state index contributed by atoms with van der Waals surface area (Å²) in [4.78, 5) is 12.3. The van der Waals surface area contributed by atoms with Gasteiger partial charge in [0.15, 0.2) is 6.29 Å². The molecule has 2 aliphatic heterocycles. The molecule has 0 amide bonds. The summed E-state index contributed by atoms with van der Waals surface area (Å²) in [5, 5.41) is 70.3. The third-order valence-electron chi connectivity index (χ3n) is 7.54. The number of aliphatic hydroxyl groups excluding tert-OH is 7. The summed E-state index contributed by atoms with van der Waals surface area (Å²) >= 11 is 0. The van der Waals surface area contributed by atoms with Crippen LogP contribution in [0, 0.1) is 0 Å². The summed E-state index contributed by atoms with van der Waals surface area (Å²) in [6, 6.07) is 0. The molecule has 42 heavy (non-hydrogen) atoms. The monoisotopic (exact) mass is 604 g/mol. The lowest BCUT2D eigenvalue weighted by Crippen LogP contribution is -2.64. The average molecular weight is 605 g/mol. The maximum Gasteiger partial charge on any atom is 0.308 e. The van der Waals surface area contributed by atoms with E-state index in [1.807, 2.05) is 0 Å². The van der Waals surface area contributed by atoms with E-state index in [4.69, 9.17) is 18.9 Å². The number of carbonyl (C=O) groups excluding carboxylic acids is 1. The Labute approximate surface area is 248 Å². The molecule has 12 nitrogen and oxygen atoms in total. The van der Waals surface area contributed by atoms with Gasteiger partial charge in [0.2, 0.25) is 6.29 Å². The number of ether oxygens (including phenoxy) is 4. The summed E-state index contributed by atoms with van der Waals surface area (Å²) in [5.41, 5.74) is 0. The van der Waals surface area contributed by atoms with Gasteiger partial charge < -0.3 is 54.7 Å². The third-order valence-corrected chi connectivity index (χ3v) is 7.54. The molecule has 2 rings (SSSR count). The van der Waals surface area contributed by atoms with E-state index in [1.165, 1.54) is 19.3 Å². The van der Waals surface area contributed by atoms with E-state index in [-0.39, 0.29) is 6.42 Å². The van der Waals surface area contributed by atoms with Crippen molar-refractivity contribution in [1.29, 1.82) is 0 Å². The zero-order valence-electron chi connectivity index (χ0n) is 24.7. The molecule has 0 unspecified atom stereocenters. The smallest absolute Gasteiger partial charge is 0.308 e. The zero-order valence-corrected chi connectivity index (χ0v) is 24.7. The Kier molecular flexibility index (Phi) is 17.9. The Morgan fingerprint density at radius 2 is 1.24 bits per heavy atom. The highest BCUT2D eigenvalue weighted by molar-refractivity contribution is 5.69. The molecular weight excluding hydrogens is 552 g/mol. The number of carbonyl (C=O) groups is 1. The van der Waals surface area contributed by atoms with E-state index in [1.54, 1.807) is 0 Å². The molecule has 12 heteroatoms. The molecule has 0 aromatic rings. The highest BCUT2D eigenvalue weighted by Crippen LogP contribution is 2.29. The van der Waals surface area contributed by atoms with Crippen LogP contribution >= 0.6 is 0 Å². The van der Waals surface area contributed by atoms with Crippen molar-refractivity contribution in [3.8, 4) is 0 Å². The second kappa shape index (κ2) is 20.5. The first-order valence-corrected chi connectivity index (χ1v) is 15.3. The lowest BCUT2D eigenvalue weighted by molar-refractivity contribution is -0.355. The van der Waals surface area contributed by atoms with Crippen molar-refractivity contribution >= 4 is 5.97 Å². The number of unbranched alkanes of at least 4 members (excludes halogenated alkanes) is 8. The SMILES string of the molecule is CCCCC/C=C\C/C=C\CCCCCCCC(=O)O[C@@H]1O[C@H](CO)[C@@H](O[C@H]2O[C@H](CO)[C@@H](O)[C@H](O)[C@H]2O)[C@H](O)[C@H]1O. The summed E-state index contributed by atoms with van der Waals surface area (Å²) in [5.74, 6) is -0.623. The molecular formula is C30H52O12. The highest BCUT2D eigenvalue weighted by atomic mass is 16.7. The molecule has 0 spiro atoms. The number of rotatable bonds is 19. The molecule has 2 saturated heterocycles. The number of hydrogen-bond acceptors (Lipinski definition) is 12. The molecule has 244 valence electrons. The van der Waals surface area contributed by atoms with Crippen LogP contribution in [0.4, 0.5) is 0 Å². The van der Waals surface area contributed by atoms with Gasteiger partial charge in [0, 0.05) is 6.42 Å².